The lowest BCUT2D eigenvalue weighted by molar-refractivity contribution is -0.114. The Labute approximate surface area is 164 Å². The summed E-state index contributed by atoms with van der Waals surface area (Å²) >= 11 is 0. The normalized spacial score (nSPS) is 10.2. The Morgan fingerprint density at radius 3 is 2.04 bits per heavy atom. The summed E-state index contributed by atoms with van der Waals surface area (Å²) in [6, 6.07) is 22.2. The Balaban J connectivity index is 1.57. The SMILES string of the molecule is Cc1cc(C)cc(NCC(=O)Nc2cccc(NC(=O)c3ccccc3)c2)c1. The molecule has 0 atom stereocenters. The summed E-state index contributed by atoms with van der Waals surface area (Å²) in [5.74, 6) is -0.355. The Morgan fingerprint density at radius 2 is 1.36 bits per heavy atom. The quantitative estimate of drug-likeness (QED) is 0.591. The molecule has 0 aliphatic heterocycles. The van der Waals surface area contributed by atoms with Crippen LogP contribution in [0.15, 0.2) is 72.8 Å². The predicted molar refractivity (Wildman–Crippen MR) is 114 cm³/mol. The van der Waals surface area contributed by atoms with Crippen LogP contribution < -0.4 is 16.0 Å². The van der Waals surface area contributed by atoms with Crippen molar-refractivity contribution in [2.75, 3.05) is 22.5 Å². The zero-order chi connectivity index (χ0) is 19.9. The van der Waals surface area contributed by atoms with E-state index in [0.29, 0.717) is 16.9 Å². The van der Waals surface area contributed by atoms with Crippen LogP contribution in [0.2, 0.25) is 0 Å². The lowest BCUT2D eigenvalue weighted by atomic mass is 10.1. The fourth-order valence-electron chi connectivity index (χ4n) is 2.93. The van der Waals surface area contributed by atoms with Crippen molar-refractivity contribution in [2.24, 2.45) is 0 Å². The van der Waals surface area contributed by atoms with Crippen molar-refractivity contribution in [3.05, 3.63) is 89.5 Å². The van der Waals surface area contributed by atoms with Crippen molar-refractivity contribution in [3.63, 3.8) is 0 Å². The van der Waals surface area contributed by atoms with Crippen LogP contribution in [0.1, 0.15) is 21.5 Å². The highest BCUT2D eigenvalue weighted by atomic mass is 16.2. The van der Waals surface area contributed by atoms with Crippen molar-refractivity contribution in [1.82, 2.24) is 0 Å². The van der Waals surface area contributed by atoms with Crippen molar-refractivity contribution >= 4 is 28.9 Å². The molecule has 28 heavy (non-hydrogen) atoms. The Morgan fingerprint density at radius 1 is 0.714 bits per heavy atom. The second-order valence-corrected chi connectivity index (χ2v) is 6.68. The summed E-state index contributed by atoms with van der Waals surface area (Å²) in [4.78, 5) is 24.5. The molecule has 142 valence electrons. The summed E-state index contributed by atoms with van der Waals surface area (Å²) in [6.07, 6.45) is 0. The maximum Gasteiger partial charge on any atom is 0.255 e. The highest BCUT2D eigenvalue weighted by Gasteiger charge is 2.07. The van der Waals surface area contributed by atoms with Gasteiger partial charge in [-0.05, 0) is 67.4 Å². The van der Waals surface area contributed by atoms with Crippen molar-refractivity contribution in [2.45, 2.75) is 13.8 Å². The molecule has 3 N–H and O–H groups in total. The summed E-state index contributed by atoms with van der Waals surface area (Å²) in [5.41, 5.74) is 5.02. The Hall–Kier alpha value is -3.60. The van der Waals surface area contributed by atoms with Gasteiger partial charge in [-0.1, -0.05) is 30.3 Å². The monoisotopic (exact) mass is 373 g/mol. The molecule has 5 heteroatoms. The van der Waals surface area contributed by atoms with Crippen LogP contribution in [-0.2, 0) is 4.79 Å². The van der Waals surface area contributed by atoms with Gasteiger partial charge in [-0.3, -0.25) is 9.59 Å². The number of anilines is 3. The molecule has 3 aromatic rings. The molecular weight excluding hydrogens is 350 g/mol. The van der Waals surface area contributed by atoms with Crippen LogP contribution in [0.4, 0.5) is 17.1 Å². The molecule has 0 heterocycles. The molecule has 0 bridgehead atoms. The second-order valence-electron chi connectivity index (χ2n) is 6.68. The third-order valence-corrected chi connectivity index (χ3v) is 4.11. The van der Waals surface area contributed by atoms with Crippen molar-refractivity contribution in [3.8, 4) is 0 Å². The highest BCUT2D eigenvalue weighted by Crippen LogP contribution is 2.17. The molecule has 0 spiro atoms. The van der Waals surface area contributed by atoms with E-state index in [1.807, 2.05) is 44.2 Å². The number of rotatable bonds is 6. The minimum absolute atomic E-state index is 0.156. The van der Waals surface area contributed by atoms with Gasteiger partial charge in [0.1, 0.15) is 0 Å². The van der Waals surface area contributed by atoms with Crippen LogP contribution in [0.5, 0.6) is 0 Å². The molecule has 0 fully saturated rings. The number of benzene rings is 3. The van der Waals surface area contributed by atoms with Gasteiger partial charge in [0.2, 0.25) is 5.91 Å². The predicted octanol–water partition coefficient (Wildman–Crippen LogP) is 4.61. The van der Waals surface area contributed by atoms with E-state index >= 15 is 0 Å². The van der Waals surface area contributed by atoms with Gasteiger partial charge in [0.15, 0.2) is 0 Å². The summed E-state index contributed by atoms with van der Waals surface area (Å²) in [5, 5.41) is 8.81. The molecule has 0 unspecified atom stereocenters. The van der Waals surface area contributed by atoms with Gasteiger partial charge < -0.3 is 16.0 Å². The molecule has 0 saturated heterocycles. The van der Waals surface area contributed by atoms with Gasteiger partial charge in [-0.15, -0.1) is 0 Å². The van der Waals surface area contributed by atoms with Gasteiger partial charge in [0, 0.05) is 22.6 Å². The number of nitrogens with one attached hydrogen (secondary N) is 3. The van der Waals surface area contributed by atoms with Crippen LogP contribution in [0.25, 0.3) is 0 Å². The zero-order valence-electron chi connectivity index (χ0n) is 16.0. The largest absolute Gasteiger partial charge is 0.376 e. The Kier molecular flexibility index (Phi) is 6.07. The molecular formula is C23H23N3O2. The van der Waals surface area contributed by atoms with Crippen LogP contribution in [-0.4, -0.2) is 18.4 Å². The van der Waals surface area contributed by atoms with Crippen molar-refractivity contribution in [1.29, 1.82) is 0 Å². The van der Waals surface area contributed by atoms with E-state index in [-0.39, 0.29) is 18.4 Å². The topological polar surface area (TPSA) is 70.2 Å². The molecule has 0 radical (unpaired) electrons. The number of hydrogen-bond acceptors (Lipinski definition) is 3. The maximum atomic E-state index is 12.3. The lowest BCUT2D eigenvalue weighted by Crippen LogP contribution is -2.22. The fraction of sp³-hybridized carbons (Fsp3) is 0.130. The highest BCUT2D eigenvalue weighted by molar-refractivity contribution is 6.04. The molecule has 2 amide bonds. The van der Waals surface area contributed by atoms with E-state index in [0.717, 1.165) is 16.8 Å². The first-order valence-corrected chi connectivity index (χ1v) is 9.08. The second kappa shape index (κ2) is 8.86. The van der Waals surface area contributed by atoms with E-state index in [9.17, 15) is 9.59 Å². The first-order valence-electron chi connectivity index (χ1n) is 9.08. The number of aryl methyl sites for hydroxylation is 2. The van der Waals surface area contributed by atoms with E-state index in [1.54, 1.807) is 36.4 Å². The molecule has 0 aromatic heterocycles. The van der Waals surface area contributed by atoms with E-state index in [4.69, 9.17) is 0 Å². The van der Waals surface area contributed by atoms with E-state index in [2.05, 4.69) is 22.0 Å². The average Bonchev–Trinajstić information content (AvgIpc) is 2.67. The first kappa shape index (κ1) is 19.2. The minimum Gasteiger partial charge on any atom is -0.376 e. The number of hydrogen-bond donors (Lipinski definition) is 3. The van der Waals surface area contributed by atoms with Gasteiger partial charge in [-0.25, -0.2) is 0 Å². The van der Waals surface area contributed by atoms with E-state index in [1.165, 1.54) is 0 Å². The molecule has 0 aliphatic carbocycles. The standard InChI is InChI=1S/C23H23N3O2/c1-16-11-17(2)13-21(12-16)24-15-22(27)25-19-9-6-10-20(14-19)26-23(28)18-7-4-3-5-8-18/h3-14,24H,15H2,1-2H3,(H,25,27)(H,26,28). The number of carbonyl (C=O) groups is 2. The third-order valence-electron chi connectivity index (χ3n) is 4.11. The first-order chi connectivity index (χ1) is 13.5. The van der Waals surface area contributed by atoms with Gasteiger partial charge >= 0.3 is 0 Å². The van der Waals surface area contributed by atoms with Crippen molar-refractivity contribution < 1.29 is 9.59 Å². The lowest BCUT2D eigenvalue weighted by Gasteiger charge is -2.11. The van der Waals surface area contributed by atoms with Gasteiger partial charge in [-0.2, -0.15) is 0 Å². The number of amides is 2. The minimum atomic E-state index is -0.194. The van der Waals surface area contributed by atoms with Crippen LogP contribution in [0, 0.1) is 13.8 Å². The van der Waals surface area contributed by atoms with Crippen LogP contribution in [0.3, 0.4) is 0 Å². The fourth-order valence-corrected chi connectivity index (χ4v) is 2.93. The van der Waals surface area contributed by atoms with Crippen LogP contribution >= 0.6 is 0 Å². The molecule has 0 aliphatic rings. The molecule has 3 rings (SSSR count). The summed E-state index contributed by atoms with van der Waals surface area (Å²) in [7, 11) is 0. The number of carbonyl (C=O) groups excluding carboxylic acids is 2. The molecule has 3 aromatic carbocycles. The molecule has 0 saturated carbocycles. The summed E-state index contributed by atoms with van der Waals surface area (Å²) < 4.78 is 0. The van der Waals surface area contributed by atoms with Gasteiger partial charge in [0.25, 0.3) is 5.91 Å². The Bertz CT molecular complexity index is 964. The third kappa shape index (κ3) is 5.45. The maximum absolute atomic E-state index is 12.3. The van der Waals surface area contributed by atoms with Gasteiger partial charge in [0.05, 0.1) is 6.54 Å². The van der Waals surface area contributed by atoms with E-state index < -0.39 is 0 Å². The zero-order valence-corrected chi connectivity index (χ0v) is 16.0. The average molecular weight is 373 g/mol. The smallest absolute Gasteiger partial charge is 0.255 e. The molecule has 5 nitrogen and oxygen atoms in total. The summed E-state index contributed by atoms with van der Waals surface area (Å²) in [6.45, 7) is 4.20.